The third-order valence-corrected chi connectivity index (χ3v) is 4.08. The Hall–Kier alpha value is -2.62. The molecular weight excluding hydrogens is 300 g/mol. The van der Waals surface area contributed by atoms with Gasteiger partial charge in [0.1, 0.15) is 0 Å². The van der Waals surface area contributed by atoms with E-state index in [-0.39, 0.29) is 5.97 Å². The fraction of sp³-hybridized carbons (Fsp3) is 0.300. The third-order valence-electron chi connectivity index (χ3n) is 4.08. The van der Waals surface area contributed by atoms with Gasteiger partial charge in [-0.1, -0.05) is 18.2 Å². The summed E-state index contributed by atoms with van der Waals surface area (Å²) in [7, 11) is 0. The summed E-state index contributed by atoms with van der Waals surface area (Å²) in [4.78, 5) is 18.6. The van der Waals surface area contributed by atoms with Crippen LogP contribution in [0.5, 0.6) is 0 Å². The average molecular weight is 322 g/mol. The zero-order valence-electron chi connectivity index (χ0n) is 13.9. The van der Waals surface area contributed by atoms with Gasteiger partial charge in [0.15, 0.2) is 0 Å². The van der Waals surface area contributed by atoms with Crippen molar-refractivity contribution in [2.24, 2.45) is 4.99 Å². The molecule has 4 nitrogen and oxygen atoms in total. The molecule has 4 heteroatoms. The van der Waals surface area contributed by atoms with Gasteiger partial charge in [0.25, 0.3) is 0 Å². The van der Waals surface area contributed by atoms with Gasteiger partial charge in [-0.15, -0.1) is 0 Å². The van der Waals surface area contributed by atoms with Crippen molar-refractivity contribution in [1.82, 2.24) is 0 Å². The monoisotopic (exact) mass is 322 g/mol. The highest BCUT2D eigenvalue weighted by Crippen LogP contribution is 2.20. The van der Waals surface area contributed by atoms with Gasteiger partial charge in [-0.25, -0.2) is 4.79 Å². The number of esters is 1. The van der Waals surface area contributed by atoms with Crippen LogP contribution in [0, 0.1) is 0 Å². The molecule has 0 bridgehead atoms. The molecule has 0 aromatic heterocycles. The molecule has 3 rings (SSSR count). The topological polar surface area (TPSA) is 41.9 Å². The van der Waals surface area contributed by atoms with Crippen molar-refractivity contribution < 1.29 is 9.53 Å². The van der Waals surface area contributed by atoms with E-state index in [4.69, 9.17) is 4.74 Å². The van der Waals surface area contributed by atoms with E-state index >= 15 is 0 Å². The van der Waals surface area contributed by atoms with Gasteiger partial charge in [0.05, 0.1) is 17.9 Å². The minimum absolute atomic E-state index is 0.315. The molecule has 24 heavy (non-hydrogen) atoms. The summed E-state index contributed by atoms with van der Waals surface area (Å²) in [6.45, 7) is 4.46. The molecule has 1 heterocycles. The first-order valence-corrected chi connectivity index (χ1v) is 8.42. The van der Waals surface area contributed by atoms with Gasteiger partial charge in [0.2, 0.25) is 0 Å². The largest absolute Gasteiger partial charge is 0.462 e. The summed E-state index contributed by atoms with van der Waals surface area (Å²) in [6.07, 6.45) is 4.37. The molecule has 1 aliphatic heterocycles. The predicted molar refractivity (Wildman–Crippen MR) is 97.5 cm³/mol. The Kier molecular flexibility index (Phi) is 5.26. The fourth-order valence-corrected chi connectivity index (χ4v) is 2.82. The zero-order valence-corrected chi connectivity index (χ0v) is 13.9. The summed E-state index contributed by atoms with van der Waals surface area (Å²) in [5, 5.41) is 0. The number of hydrogen-bond donors (Lipinski definition) is 0. The molecule has 1 aliphatic rings. The van der Waals surface area contributed by atoms with Crippen LogP contribution in [0.3, 0.4) is 0 Å². The number of nitrogens with zero attached hydrogens (tertiary/aromatic N) is 2. The predicted octanol–water partition coefficient (Wildman–Crippen LogP) is 4.21. The van der Waals surface area contributed by atoms with E-state index in [0.717, 1.165) is 24.3 Å². The summed E-state index contributed by atoms with van der Waals surface area (Å²) in [5.41, 5.74) is 3.58. The number of aliphatic imine (C=N–C) groups is 1. The Morgan fingerprint density at radius 3 is 2.62 bits per heavy atom. The van der Waals surface area contributed by atoms with Gasteiger partial charge in [-0.3, -0.25) is 4.99 Å². The number of anilines is 1. The van der Waals surface area contributed by atoms with E-state index in [2.05, 4.69) is 34.2 Å². The molecule has 0 radical (unpaired) electrons. The highest BCUT2D eigenvalue weighted by Gasteiger charge is 2.11. The summed E-state index contributed by atoms with van der Waals surface area (Å²) < 4.78 is 5.01. The number of ether oxygens (including phenoxy) is 1. The van der Waals surface area contributed by atoms with E-state index in [1.807, 2.05) is 18.3 Å². The van der Waals surface area contributed by atoms with Crippen LogP contribution in [-0.4, -0.2) is 31.9 Å². The highest BCUT2D eigenvalue weighted by molar-refractivity contribution is 5.91. The molecule has 0 N–H and O–H groups in total. The Balaban J connectivity index is 1.69. The number of benzene rings is 2. The van der Waals surface area contributed by atoms with Crippen molar-refractivity contribution in [3.63, 3.8) is 0 Å². The highest BCUT2D eigenvalue weighted by atomic mass is 16.5. The Labute approximate surface area is 142 Å². The standard InChI is InChI=1S/C20H22N2O2/c1-2-24-20(23)17-6-5-7-18(14-17)21-15-16-8-10-19(11-9-16)22-12-3-4-13-22/h5-11,14-15H,2-4,12-13H2,1H3. The minimum atomic E-state index is -0.315. The smallest absolute Gasteiger partial charge is 0.338 e. The first kappa shape index (κ1) is 16.2. The van der Waals surface area contributed by atoms with Crippen molar-refractivity contribution in [2.75, 3.05) is 24.6 Å². The normalized spacial score (nSPS) is 14.3. The minimum Gasteiger partial charge on any atom is -0.462 e. The van der Waals surface area contributed by atoms with Crippen LogP contribution in [-0.2, 0) is 4.74 Å². The molecule has 1 saturated heterocycles. The number of hydrogen-bond acceptors (Lipinski definition) is 4. The first-order valence-electron chi connectivity index (χ1n) is 8.42. The number of rotatable bonds is 5. The summed E-state index contributed by atoms with van der Waals surface area (Å²) in [5.74, 6) is -0.315. The van der Waals surface area contributed by atoms with Gasteiger partial charge >= 0.3 is 5.97 Å². The first-order chi connectivity index (χ1) is 11.8. The summed E-state index contributed by atoms with van der Waals surface area (Å²) in [6, 6.07) is 15.6. The molecule has 2 aromatic carbocycles. The zero-order chi connectivity index (χ0) is 16.8. The van der Waals surface area contributed by atoms with E-state index < -0.39 is 0 Å². The second-order valence-corrected chi connectivity index (χ2v) is 5.81. The van der Waals surface area contributed by atoms with Crippen LogP contribution < -0.4 is 4.90 Å². The van der Waals surface area contributed by atoms with Crippen LogP contribution >= 0.6 is 0 Å². The fourth-order valence-electron chi connectivity index (χ4n) is 2.82. The molecule has 0 saturated carbocycles. The van der Waals surface area contributed by atoms with Gasteiger partial charge < -0.3 is 9.64 Å². The van der Waals surface area contributed by atoms with Crippen LogP contribution in [0.1, 0.15) is 35.7 Å². The van der Waals surface area contributed by atoms with Crippen LogP contribution in [0.2, 0.25) is 0 Å². The van der Waals surface area contributed by atoms with E-state index in [1.54, 1.807) is 19.1 Å². The van der Waals surface area contributed by atoms with Crippen molar-refractivity contribution in [3.05, 3.63) is 59.7 Å². The lowest BCUT2D eigenvalue weighted by atomic mass is 10.2. The second kappa shape index (κ2) is 7.77. The Morgan fingerprint density at radius 2 is 1.92 bits per heavy atom. The van der Waals surface area contributed by atoms with Crippen molar-refractivity contribution in [2.45, 2.75) is 19.8 Å². The quantitative estimate of drug-likeness (QED) is 0.611. The molecular formula is C20H22N2O2. The van der Waals surface area contributed by atoms with Gasteiger partial charge in [-0.05, 0) is 55.7 Å². The van der Waals surface area contributed by atoms with Crippen molar-refractivity contribution in [3.8, 4) is 0 Å². The van der Waals surface area contributed by atoms with Gasteiger partial charge in [0, 0.05) is 25.0 Å². The Bertz CT molecular complexity index is 717. The third kappa shape index (κ3) is 4.02. The van der Waals surface area contributed by atoms with E-state index in [9.17, 15) is 4.79 Å². The molecule has 124 valence electrons. The van der Waals surface area contributed by atoms with Crippen LogP contribution in [0.4, 0.5) is 11.4 Å². The maximum atomic E-state index is 11.8. The Morgan fingerprint density at radius 1 is 1.17 bits per heavy atom. The molecule has 0 spiro atoms. The molecule has 1 fully saturated rings. The lowest BCUT2D eigenvalue weighted by Gasteiger charge is -2.17. The van der Waals surface area contributed by atoms with Crippen molar-refractivity contribution in [1.29, 1.82) is 0 Å². The molecule has 0 aliphatic carbocycles. The van der Waals surface area contributed by atoms with E-state index in [1.165, 1.54) is 18.5 Å². The average Bonchev–Trinajstić information content (AvgIpc) is 3.15. The lowest BCUT2D eigenvalue weighted by Crippen LogP contribution is -2.17. The molecule has 0 unspecified atom stereocenters. The molecule has 2 aromatic rings. The lowest BCUT2D eigenvalue weighted by molar-refractivity contribution is 0.0526. The second-order valence-electron chi connectivity index (χ2n) is 5.81. The number of carbonyl (C=O) groups excluding carboxylic acids is 1. The van der Waals surface area contributed by atoms with Crippen LogP contribution in [0.15, 0.2) is 53.5 Å². The molecule has 0 atom stereocenters. The maximum Gasteiger partial charge on any atom is 0.338 e. The SMILES string of the molecule is CCOC(=O)c1cccc(N=Cc2ccc(N3CCCC3)cc2)c1. The van der Waals surface area contributed by atoms with Gasteiger partial charge in [-0.2, -0.15) is 0 Å². The van der Waals surface area contributed by atoms with Crippen LogP contribution in [0.25, 0.3) is 0 Å². The maximum absolute atomic E-state index is 11.8. The summed E-state index contributed by atoms with van der Waals surface area (Å²) >= 11 is 0. The van der Waals surface area contributed by atoms with E-state index in [0.29, 0.717) is 12.2 Å². The van der Waals surface area contributed by atoms with Crippen molar-refractivity contribution >= 4 is 23.6 Å². The number of carbonyl (C=O) groups is 1. The molecule has 0 amide bonds.